The Morgan fingerprint density at radius 2 is 1.93 bits per heavy atom. The van der Waals surface area contributed by atoms with Gasteiger partial charge < -0.3 is 19.7 Å². The number of imidazole rings is 1. The molecule has 0 aliphatic carbocycles. The first-order valence-corrected chi connectivity index (χ1v) is 13.7. The van der Waals surface area contributed by atoms with Crippen molar-refractivity contribution in [3.8, 4) is 0 Å². The number of thiazole rings is 1. The standard InChI is InChI=1S/C22H20N4O5S.CHF3O3S/c1-10-14(18(22(30)31)26-17(10)15(11(2)27)20(26)29)13-8-25-9-23-16(21(25)32-13)19(28)12-5-4-6-24(3)7-12;2-1(3,4)8(5,6)7/h4-11,15,17,27H,1-3H3;(H,5,6,7)/t10-,11+,15+,17+;/m0./s1. The number of hydrogen-bond acceptors (Lipinski definition) is 9. The van der Waals surface area contributed by atoms with Gasteiger partial charge >= 0.3 is 11.5 Å². The summed E-state index contributed by atoms with van der Waals surface area (Å²) in [4.78, 5) is 44.6. The fourth-order valence-corrected chi connectivity index (χ4v) is 6.05. The Bertz CT molecular complexity index is 1680. The van der Waals surface area contributed by atoms with Gasteiger partial charge in [-0.15, -0.1) is 11.3 Å². The first kappa shape index (κ1) is 29.3. The van der Waals surface area contributed by atoms with Crippen LogP contribution in [0.15, 0.2) is 42.7 Å². The van der Waals surface area contributed by atoms with Gasteiger partial charge in [0, 0.05) is 23.8 Å². The van der Waals surface area contributed by atoms with Crippen LogP contribution in [-0.4, -0.2) is 72.8 Å². The number of carbonyl (C=O) groups is 3. The highest BCUT2D eigenvalue weighted by molar-refractivity contribution is 7.86. The number of carboxylic acid groups (broad SMARTS) is 1. The first-order chi connectivity index (χ1) is 18.5. The van der Waals surface area contributed by atoms with Gasteiger partial charge in [0.05, 0.1) is 28.5 Å². The number of aromatic nitrogens is 3. The number of β-lactam (4-membered cyclic amide) rings is 1. The SMILES string of the molecule is C[C@@H](O)[C@H]1C(=O)N2C(C(=O)O)=C(c3cn4cnc(C(=O)c5ccc[n+](C)c5)c4s3)[C@H](C)[C@H]12.O=S(=O)([O-])C(F)(F)F. The summed E-state index contributed by atoms with van der Waals surface area (Å²) in [6.45, 7) is 3.42. The number of aliphatic hydroxyl groups excluding tert-OH is 1. The largest absolute Gasteiger partial charge is 0.741 e. The van der Waals surface area contributed by atoms with Gasteiger partial charge in [0.1, 0.15) is 29.6 Å². The molecule has 5 heterocycles. The number of carboxylic acids is 1. The minimum atomic E-state index is -6.09. The minimum absolute atomic E-state index is 0.0511. The number of pyridine rings is 1. The molecule has 4 atom stereocenters. The molecule has 0 unspecified atom stereocenters. The molecule has 0 radical (unpaired) electrons. The van der Waals surface area contributed by atoms with E-state index in [-0.39, 0.29) is 29.0 Å². The molecule has 2 aliphatic rings. The van der Waals surface area contributed by atoms with E-state index < -0.39 is 39.7 Å². The third-order valence-corrected chi connectivity index (χ3v) is 8.26. The number of aryl methyl sites for hydroxylation is 1. The number of hydrogen-bond donors (Lipinski definition) is 2. The van der Waals surface area contributed by atoms with Crippen LogP contribution in [0, 0.1) is 11.8 Å². The number of rotatable bonds is 5. The van der Waals surface area contributed by atoms with Gasteiger partial charge in [0.25, 0.3) is 0 Å². The van der Waals surface area contributed by atoms with Crippen LogP contribution < -0.4 is 4.57 Å². The second kappa shape index (κ2) is 10.1. The summed E-state index contributed by atoms with van der Waals surface area (Å²) in [5.41, 5.74) is -4.37. The van der Waals surface area contributed by atoms with Gasteiger partial charge in [-0.3, -0.25) is 14.0 Å². The second-order valence-corrected chi connectivity index (χ2v) is 11.6. The van der Waals surface area contributed by atoms with E-state index in [4.69, 9.17) is 13.0 Å². The zero-order valence-corrected chi connectivity index (χ0v) is 22.5. The number of amides is 1. The van der Waals surface area contributed by atoms with Crippen molar-refractivity contribution in [2.45, 2.75) is 31.5 Å². The lowest BCUT2D eigenvalue weighted by molar-refractivity contribution is -0.671. The van der Waals surface area contributed by atoms with Crippen LogP contribution >= 0.6 is 11.3 Å². The molecule has 40 heavy (non-hydrogen) atoms. The Balaban J connectivity index is 0.000000406. The number of halogens is 3. The van der Waals surface area contributed by atoms with Crippen LogP contribution in [0.1, 0.15) is 34.8 Å². The summed E-state index contributed by atoms with van der Waals surface area (Å²) >= 11 is 1.27. The maximum Gasteiger partial charge on any atom is 0.485 e. The number of alkyl halides is 3. The number of nitrogens with zero attached hydrogens (tertiary/aromatic N) is 4. The molecule has 5 rings (SSSR count). The van der Waals surface area contributed by atoms with Crippen molar-refractivity contribution in [3.63, 3.8) is 0 Å². The summed E-state index contributed by atoms with van der Waals surface area (Å²) in [5, 5.41) is 19.9. The molecule has 17 heteroatoms. The molecule has 12 nitrogen and oxygen atoms in total. The topological polar surface area (TPSA) is 173 Å². The lowest BCUT2D eigenvalue weighted by Crippen LogP contribution is -2.63. The Morgan fingerprint density at radius 1 is 1.30 bits per heavy atom. The van der Waals surface area contributed by atoms with Crippen molar-refractivity contribution in [1.29, 1.82) is 0 Å². The fraction of sp³-hybridized carbons (Fsp3) is 0.348. The maximum absolute atomic E-state index is 13.0. The van der Waals surface area contributed by atoms with Gasteiger partial charge in [-0.25, -0.2) is 22.8 Å². The smallest absolute Gasteiger partial charge is 0.485 e. The molecular formula is C23H21F3N4O8S2. The third kappa shape index (κ3) is 4.89. The predicted octanol–water partition coefficient (Wildman–Crippen LogP) is 1.16. The van der Waals surface area contributed by atoms with E-state index in [2.05, 4.69) is 4.98 Å². The zero-order valence-electron chi connectivity index (χ0n) is 20.9. The molecule has 2 aliphatic heterocycles. The van der Waals surface area contributed by atoms with Crippen LogP contribution in [-0.2, 0) is 26.8 Å². The van der Waals surface area contributed by atoms with Gasteiger partial charge in [-0.2, -0.15) is 13.2 Å². The lowest BCUT2D eigenvalue weighted by atomic mass is 9.77. The average molecular weight is 603 g/mol. The van der Waals surface area contributed by atoms with Crippen molar-refractivity contribution in [3.05, 3.63) is 58.9 Å². The Kier molecular flexibility index (Phi) is 7.37. The summed E-state index contributed by atoms with van der Waals surface area (Å²) in [6, 6.07) is 3.11. The van der Waals surface area contributed by atoms with E-state index in [0.29, 0.717) is 20.8 Å². The molecule has 1 fully saturated rings. The summed E-state index contributed by atoms with van der Waals surface area (Å²) in [7, 11) is -4.26. The van der Waals surface area contributed by atoms with Crippen LogP contribution in [0.4, 0.5) is 13.2 Å². The highest BCUT2D eigenvalue weighted by Crippen LogP contribution is 2.51. The molecular weight excluding hydrogens is 581 g/mol. The number of fused-ring (bicyclic) bond motifs is 2. The zero-order chi connectivity index (χ0) is 29.9. The molecule has 1 amide bonds. The molecule has 0 saturated carbocycles. The van der Waals surface area contributed by atoms with Crippen molar-refractivity contribution < 1.29 is 55.3 Å². The normalized spacial score (nSPS) is 21.6. The highest BCUT2D eigenvalue weighted by atomic mass is 32.2. The highest BCUT2D eigenvalue weighted by Gasteiger charge is 2.60. The average Bonchev–Trinajstić information content (AvgIpc) is 3.47. The molecule has 3 aromatic heterocycles. The van der Waals surface area contributed by atoms with Crippen LogP contribution in [0.5, 0.6) is 0 Å². The quantitative estimate of drug-likeness (QED) is 0.143. The molecule has 0 bridgehead atoms. The number of aliphatic hydroxyl groups is 1. The third-order valence-electron chi connectivity index (χ3n) is 6.55. The number of carbonyl (C=O) groups excluding carboxylic acids is 2. The minimum Gasteiger partial charge on any atom is -0.741 e. The Morgan fingerprint density at radius 3 is 2.45 bits per heavy atom. The van der Waals surface area contributed by atoms with Crippen LogP contribution in [0.3, 0.4) is 0 Å². The summed E-state index contributed by atoms with van der Waals surface area (Å²) in [5.74, 6) is -2.68. The second-order valence-electron chi connectivity index (χ2n) is 9.21. The summed E-state index contributed by atoms with van der Waals surface area (Å²) in [6.07, 6.45) is 5.97. The predicted molar refractivity (Wildman–Crippen MR) is 129 cm³/mol. The molecule has 1 saturated heterocycles. The molecule has 3 aromatic rings. The van der Waals surface area contributed by atoms with Crippen molar-refractivity contribution in [2.24, 2.45) is 18.9 Å². The molecule has 214 valence electrons. The van der Waals surface area contributed by atoms with Crippen molar-refractivity contribution >= 4 is 49.5 Å². The Hall–Kier alpha value is -3.67. The van der Waals surface area contributed by atoms with E-state index in [1.54, 1.807) is 40.4 Å². The Labute approximate surface area is 228 Å². The van der Waals surface area contributed by atoms with E-state index >= 15 is 0 Å². The molecule has 0 aromatic carbocycles. The molecule has 2 N–H and O–H groups in total. The van der Waals surface area contributed by atoms with E-state index in [1.165, 1.54) is 22.6 Å². The van der Waals surface area contributed by atoms with Crippen LogP contribution in [0.2, 0.25) is 0 Å². The maximum atomic E-state index is 13.0. The first-order valence-electron chi connectivity index (χ1n) is 11.4. The van der Waals surface area contributed by atoms with E-state index in [0.717, 1.165) is 0 Å². The van der Waals surface area contributed by atoms with E-state index in [9.17, 15) is 37.8 Å². The van der Waals surface area contributed by atoms with Gasteiger partial charge in [-0.05, 0) is 13.0 Å². The van der Waals surface area contributed by atoms with E-state index in [1.807, 2.05) is 20.2 Å². The summed E-state index contributed by atoms with van der Waals surface area (Å²) < 4.78 is 62.4. The molecule has 0 spiro atoms. The lowest BCUT2D eigenvalue weighted by Gasteiger charge is -2.46. The fourth-order valence-electron chi connectivity index (χ4n) is 4.83. The van der Waals surface area contributed by atoms with Gasteiger partial charge in [0.15, 0.2) is 22.5 Å². The number of ketones is 1. The number of aliphatic carboxylic acids is 1. The van der Waals surface area contributed by atoms with Gasteiger partial charge in [-0.1, -0.05) is 6.92 Å². The van der Waals surface area contributed by atoms with Crippen molar-refractivity contribution in [1.82, 2.24) is 14.3 Å². The van der Waals surface area contributed by atoms with Gasteiger partial charge in [0.2, 0.25) is 11.7 Å². The van der Waals surface area contributed by atoms with Crippen molar-refractivity contribution in [2.75, 3.05) is 0 Å². The monoisotopic (exact) mass is 602 g/mol. The van der Waals surface area contributed by atoms with Crippen LogP contribution in [0.25, 0.3) is 10.4 Å².